The Kier molecular flexibility index (Phi) is 7.89. The van der Waals surface area contributed by atoms with Gasteiger partial charge >= 0.3 is 6.09 Å². The van der Waals surface area contributed by atoms with Crippen LogP contribution in [0.2, 0.25) is 10.0 Å². The third-order valence-electron chi connectivity index (χ3n) is 8.97. The van der Waals surface area contributed by atoms with Crippen LogP contribution in [0.15, 0.2) is 42.5 Å². The van der Waals surface area contributed by atoms with Crippen LogP contribution in [0.4, 0.5) is 9.18 Å². The molecule has 2 aromatic carbocycles. The number of hydrogen-bond donors (Lipinski definition) is 1. The number of hydrogen-bond acceptors (Lipinski definition) is 5. The minimum atomic E-state index is -1.27. The van der Waals surface area contributed by atoms with Gasteiger partial charge in [-0.15, -0.1) is 0 Å². The fourth-order valence-corrected chi connectivity index (χ4v) is 6.56. The van der Waals surface area contributed by atoms with Gasteiger partial charge < -0.3 is 15.0 Å². The van der Waals surface area contributed by atoms with E-state index in [2.05, 4.69) is 19.2 Å². The maximum atomic E-state index is 14.5. The molecule has 0 aromatic heterocycles. The van der Waals surface area contributed by atoms with Gasteiger partial charge in [-0.2, -0.15) is 0 Å². The molecule has 214 valence electrons. The van der Waals surface area contributed by atoms with Gasteiger partial charge in [0.05, 0.1) is 10.0 Å². The van der Waals surface area contributed by atoms with Gasteiger partial charge in [0, 0.05) is 51.0 Å². The first kappa shape index (κ1) is 28.8. The molecule has 3 aliphatic rings. The highest BCUT2D eigenvalue weighted by Gasteiger charge is 2.57. The fourth-order valence-electron chi connectivity index (χ4n) is 6.26. The molecule has 3 atom stereocenters. The first-order valence-electron chi connectivity index (χ1n) is 13.6. The number of carbonyl (C=O) groups is 3. The molecule has 1 N–H and O–H groups in total. The number of rotatable bonds is 6. The number of ether oxygens (including phenoxy) is 1. The maximum Gasteiger partial charge on any atom is 0.415 e. The number of piperidine rings is 1. The van der Waals surface area contributed by atoms with E-state index < -0.39 is 23.4 Å². The van der Waals surface area contributed by atoms with Gasteiger partial charge in [-0.1, -0.05) is 43.1 Å². The summed E-state index contributed by atoms with van der Waals surface area (Å²) >= 11 is 12.5. The lowest BCUT2D eigenvalue weighted by Gasteiger charge is -2.44. The zero-order chi connectivity index (χ0) is 28.8. The standard InChI is InChI=1S/C30H34Cl2FN3O4/c1-29(2)15-22(29)27(38)36-12-10-18(11-13-36)26(37)30(35(3)28(39)40-21-7-5-20(33)6-8-21)17-34-16-23(30)19-4-9-24(31)25(32)14-19/h4-9,14,18,22-23,34H,10-13,15-17H2,1-3H3/t22?,23-,30+/m0/s1. The van der Waals surface area contributed by atoms with Crippen LogP contribution in [0.5, 0.6) is 5.75 Å². The third kappa shape index (κ3) is 5.33. The van der Waals surface area contributed by atoms with Gasteiger partial charge in [0.1, 0.15) is 17.1 Å². The third-order valence-corrected chi connectivity index (χ3v) is 9.71. The van der Waals surface area contributed by atoms with Crippen molar-refractivity contribution < 1.29 is 23.5 Å². The first-order chi connectivity index (χ1) is 18.9. The summed E-state index contributed by atoms with van der Waals surface area (Å²) in [4.78, 5) is 44.2. The Bertz CT molecular complexity index is 1310. The Labute approximate surface area is 243 Å². The largest absolute Gasteiger partial charge is 0.415 e. The van der Waals surface area contributed by atoms with Gasteiger partial charge in [-0.25, -0.2) is 9.18 Å². The van der Waals surface area contributed by atoms with E-state index in [0.717, 1.165) is 12.0 Å². The number of carbonyl (C=O) groups excluding carboxylic acids is 3. The average molecular weight is 591 g/mol. The Balaban J connectivity index is 1.42. The highest BCUT2D eigenvalue weighted by Crippen LogP contribution is 2.52. The predicted octanol–water partition coefficient (Wildman–Crippen LogP) is 5.54. The summed E-state index contributed by atoms with van der Waals surface area (Å²) in [6.45, 7) is 5.88. The summed E-state index contributed by atoms with van der Waals surface area (Å²) in [6, 6.07) is 10.4. The molecule has 1 unspecified atom stereocenters. The maximum absolute atomic E-state index is 14.5. The first-order valence-corrected chi connectivity index (χ1v) is 14.4. The Morgan fingerprint density at radius 3 is 2.30 bits per heavy atom. The van der Waals surface area contributed by atoms with Crippen molar-refractivity contribution in [2.75, 3.05) is 33.2 Å². The number of Topliss-reactive ketones (excluding diaryl/α,β-unsaturated/α-hetero) is 1. The van der Waals surface area contributed by atoms with E-state index in [-0.39, 0.29) is 41.2 Å². The SMILES string of the molecule is CN(C(=O)Oc1ccc(F)cc1)[C@]1(C(=O)C2CCN(C(=O)C3CC3(C)C)CC2)CNC[C@H]1c1ccc(Cl)c(Cl)c1. The van der Waals surface area contributed by atoms with Crippen molar-refractivity contribution >= 4 is 41.0 Å². The summed E-state index contributed by atoms with van der Waals surface area (Å²) < 4.78 is 19.0. The highest BCUT2D eigenvalue weighted by molar-refractivity contribution is 6.42. The normalized spacial score (nSPS) is 25.9. The molecule has 0 radical (unpaired) electrons. The van der Waals surface area contributed by atoms with E-state index in [1.54, 1.807) is 19.2 Å². The van der Waals surface area contributed by atoms with Crippen LogP contribution >= 0.6 is 23.2 Å². The number of nitrogens with one attached hydrogen (secondary N) is 1. The quantitative estimate of drug-likeness (QED) is 0.478. The van der Waals surface area contributed by atoms with Gasteiger partial charge in [-0.3, -0.25) is 14.5 Å². The number of likely N-dealkylation sites (N-methyl/N-ethyl adjacent to an activating group) is 1. The summed E-state index contributed by atoms with van der Waals surface area (Å²) in [5, 5.41) is 4.08. The summed E-state index contributed by atoms with van der Waals surface area (Å²) in [5.41, 5.74) is -0.453. The monoisotopic (exact) mass is 589 g/mol. The lowest BCUT2D eigenvalue weighted by molar-refractivity contribution is -0.140. The van der Waals surface area contributed by atoms with E-state index >= 15 is 0 Å². The fraction of sp³-hybridized carbons (Fsp3) is 0.500. The van der Waals surface area contributed by atoms with E-state index in [0.29, 0.717) is 42.5 Å². The van der Waals surface area contributed by atoms with E-state index in [9.17, 15) is 18.8 Å². The molecule has 0 spiro atoms. The smallest absolute Gasteiger partial charge is 0.410 e. The summed E-state index contributed by atoms with van der Waals surface area (Å²) in [7, 11) is 1.56. The topological polar surface area (TPSA) is 79.0 Å². The van der Waals surface area contributed by atoms with E-state index in [4.69, 9.17) is 27.9 Å². The molecule has 1 aliphatic carbocycles. The van der Waals surface area contributed by atoms with Gasteiger partial charge in [-0.05, 0) is 66.6 Å². The molecular formula is C30H34Cl2FN3O4. The lowest BCUT2D eigenvalue weighted by Crippen LogP contribution is -2.62. The number of halogens is 3. The number of ketones is 1. The number of nitrogens with zero attached hydrogens (tertiary/aromatic N) is 2. The number of likely N-dealkylation sites (tertiary alicyclic amines) is 1. The van der Waals surface area contributed by atoms with Crippen LogP contribution in [0.3, 0.4) is 0 Å². The molecule has 2 aromatic rings. The predicted molar refractivity (Wildman–Crippen MR) is 151 cm³/mol. The van der Waals surface area contributed by atoms with Crippen molar-refractivity contribution in [2.24, 2.45) is 17.3 Å². The molecule has 40 heavy (non-hydrogen) atoms. The molecule has 1 saturated carbocycles. The molecule has 5 rings (SSSR count). The highest BCUT2D eigenvalue weighted by atomic mass is 35.5. The Hall–Kier alpha value is -2.68. The van der Waals surface area contributed by atoms with Gasteiger partial charge in [0.25, 0.3) is 0 Å². The van der Waals surface area contributed by atoms with Crippen LogP contribution in [0.1, 0.15) is 44.6 Å². The van der Waals surface area contributed by atoms with Crippen LogP contribution in [0.25, 0.3) is 0 Å². The zero-order valence-corrected chi connectivity index (χ0v) is 24.4. The van der Waals surface area contributed by atoms with E-state index in [1.165, 1.54) is 29.2 Å². The second-order valence-electron chi connectivity index (χ2n) is 11.9. The molecule has 2 aliphatic heterocycles. The molecule has 2 saturated heterocycles. The Morgan fingerprint density at radius 1 is 1.05 bits per heavy atom. The second kappa shape index (κ2) is 11.0. The molecule has 0 bridgehead atoms. The molecule has 3 fully saturated rings. The summed E-state index contributed by atoms with van der Waals surface area (Å²) in [6.07, 6.45) is 1.21. The van der Waals surface area contributed by atoms with Crippen molar-refractivity contribution in [1.82, 2.24) is 15.1 Å². The average Bonchev–Trinajstić information content (AvgIpc) is 3.36. The number of benzene rings is 2. The van der Waals surface area contributed by atoms with Crippen molar-refractivity contribution in [3.63, 3.8) is 0 Å². The van der Waals surface area contributed by atoms with Gasteiger partial charge in [0.15, 0.2) is 5.78 Å². The second-order valence-corrected chi connectivity index (χ2v) is 12.7. The molecule has 7 nitrogen and oxygen atoms in total. The molecule has 2 amide bonds. The molecule has 10 heteroatoms. The minimum Gasteiger partial charge on any atom is -0.410 e. The van der Waals surface area contributed by atoms with E-state index in [1.807, 2.05) is 11.0 Å². The Morgan fingerprint density at radius 2 is 1.70 bits per heavy atom. The van der Waals surface area contributed by atoms with Crippen molar-refractivity contribution in [2.45, 2.75) is 44.6 Å². The zero-order valence-electron chi connectivity index (χ0n) is 22.9. The van der Waals surface area contributed by atoms with Crippen LogP contribution in [-0.2, 0) is 9.59 Å². The summed E-state index contributed by atoms with van der Waals surface area (Å²) in [5.74, 6) is -0.901. The van der Waals surface area contributed by atoms with Crippen LogP contribution < -0.4 is 10.1 Å². The minimum absolute atomic E-state index is 0.0456. The van der Waals surface area contributed by atoms with Crippen molar-refractivity contribution in [3.05, 3.63) is 63.9 Å². The van der Waals surface area contributed by atoms with Crippen molar-refractivity contribution in [3.8, 4) is 5.75 Å². The van der Waals surface area contributed by atoms with Crippen LogP contribution in [-0.4, -0.2) is 66.3 Å². The lowest BCUT2D eigenvalue weighted by atomic mass is 9.72. The van der Waals surface area contributed by atoms with Crippen molar-refractivity contribution in [1.29, 1.82) is 0 Å². The molecular weight excluding hydrogens is 556 g/mol. The van der Waals surface area contributed by atoms with Gasteiger partial charge in [0.2, 0.25) is 5.91 Å². The number of amides is 2. The molecule has 2 heterocycles. The van der Waals surface area contributed by atoms with Crippen LogP contribution in [0, 0.1) is 23.1 Å².